The van der Waals surface area contributed by atoms with E-state index in [-0.39, 0.29) is 23.7 Å². The van der Waals surface area contributed by atoms with E-state index in [1.54, 1.807) is 32.1 Å². The number of carbonyl (C=O) groups excluding carboxylic acids is 1. The minimum atomic E-state index is -0.672. The maximum absolute atomic E-state index is 13.6. The molecule has 2 heterocycles. The van der Waals surface area contributed by atoms with Gasteiger partial charge in [-0.15, -0.1) is 0 Å². The molecule has 0 fully saturated rings. The molecule has 9 heteroatoms. The number of nitrogens with zero attached hydrogens (tertiary/aromatic N) is 2. The van der Waals surface area contributed by atoms with Gasteiger partial charge in [-0.05, 0) is 37.6 Å². The number of halogens is 1. The number of esters is 1. The predicted octanol–water partition coefficient (Wildman–Crippen LogP) is 3.28. The van der Waals surface area contributed by atoms with Crippen LogP contribution in [0.15, 0.2) is 68.0 Å². The van der Waals surface area contributed by atoms with Crippen LogP contribution in [-0.4, -0.2) is 29.4 Å². The molecule has 1 N–H and O–H groups in total. The number of aromatic nitrogens is 1. The van der Waals surface area contributed by atoms with Crippen molar-refractivity contribution in [2.45, 2.75) is 19.9 Å². The molecule has 4 rings (SSSR count). The van der Waals surface area contributed by atoms with Crippen molar-refractivity contribution < 1.29 is 19.4 Å². The molecular weight excluding hydrogens is 508 g/mol. The van der Waals surface area contributed by atoms with Crippen LogP contribution in [0.2, 0.25) is 0 Å². The van der Waals surface area contributed by atoms with Gasteiger partial charge in [-0.1, -0.05) is 57.6 Å². The molecule has 0 saturated heterocycles. The van der Waals surface area contributed by atoms with Gasteiger partial charge in [0.05, 0.1) is 35.6 Å². The average Bonchev–Trinajstić information content (AvgIpc) is 3.10. The Morgan fingerprint density at radius 2 is 2.03 bits per heavy atom. The minimum absolute atomic E-state index is 0.0745. The van der Waals surface area contributed by atoms with Crippen LogP contribution in [0, 0.1) is 0 Å². The lowest BCUT2D eigenvalue weighted by Gasteiger charge is -2.24. The highest BCUT2D eigenvalue weighted by atomic mass is 79.9. The van der Waals surface area contributed by atoms with E-state index in [2.05, 4.69) is 20.9 Å². The van der Waals surface area contributed by atoms with Gasteiger partial charge in [-0.25, -0.2) is 9.79 Å². The Bertz CT molecular complexity index is 1440. The monoisotopic (exact) mass is 528 g/mol. The summed E-state index contributed by atoms with van der Waals surface area (Å²) >= 11 is 4.58. The fourth-order valence-electron chi connectivity index (χ4n) is 3.74. The number of phenolic OH excluding ortho intramolecular Hbond substituents is 1. The summed E-state index contributed by atoms with van der Waals surface area (Å²) < 4.78 is 13.1. The van der Waals surface area contributed by atoms with Crippen molar-refractivity contribution in [2.75, 3.05) is 13.7 Å². The molecule has 1 aliphatic rings. The van der Waals surface area contributed by atoms with Crippen LogP contribution in [0.3, 0.4) is 0 Å². The first-order chi connectivity index (χ1) is 15.8. The number of methoxy groups -OCH3 is 1. The first-order valence-electron chi connectivity index (χ1n) is 10.2. The molecule has 0 bridgehead atoms. The zero-order valence-corrected chi connectivity index (χ0v) is 20.6. The van der Waals surface area contributed by atoms with Crippen molar-refractivity contribution >= 4 is 39.3 Å². The second-order valence-electron chi connectivity index (χ2n) is 7.26. The predicted molar refractivity (Wildman–Crippen MR) is 129 cm³/mol. The van der Waals surface area contributed by atoms with E-state index in [0.717, 1.165) is 5.56 Å². The highest BCUT2D eigenvalue weighted by Gasteiger charge is 2.33. The molecule has 3 aromatic rings. The quantitative estimate of drug-likeness (QED) is 0.513. The lowest BCUT2D eigenvalue weighted by Crippen LogP contribution is -2.39. The normalized spacial score (nSPS) is 15.8. The van der Waals surface area contributed by atoms with E-state index in [4.69, 9.17) is 9.47 Å². The molecule has 33 heavy (non-hydrogen) atoms. The number of rotatable bonds is 5. The third-order valence-corrected chi connectivity index (χ3v) is 6.65. The lowest BCUT2D eigenvalue weighted by atomic mass is 9.96. The second-order valence-corrected chi connectivity index (χ2v) is 9.18. The molecule has 0 spiro atoms. The first kappa shape index (κ1) is 23.0. The van der Waals surface area contributed by atoms with Crippen molar-refractivity contribution in [3.63, 3.8) is 0 Å². The number of hydrogen-bond acceptors (Lipinski definition) is 7. The fraction of sp³-hybridized carbons (Fsp3) is 0.208. The first-order valence-corrected chi connectivity index (χ1v) is 11.8. The van der Waals surface area contributed by atoms with E-state index < -0.39 is 12.0 Å². The van der Waals surface area contributed by atoms with Gasteiger partial charge in [0, 0.05) is 10.0 Å². The third-order valence-electron chi connectivity index (χ3n) is 5.21. The van der Waals surface area contributed by atoms with E-state index in [1.807, 2.05) is 30.3 Å². The van der Waals surface area contributed by atoms with Crippen LogP contribution in [-0.2, 0) is 9.53 Å². The summed E-state index contributed by atoms with van der Waals surface area (Å²) in [5.41, 5.74) is 1.70. The number of allylic oxidation sites excluding steroid dienone is 1. The molecule has 0 aliphatic carbocycles. The summed E-state index contributed by atoms with van der Waals surface area (Å²) in [6.07, 6.45) is 1.60. The Balaban J connectivity index is 1.97. The van der Waals surface area contributed by atoms with Crippen LogP contribution < -0.4 is 19.6 Å². The van der Waals surface area contributed by atoms with Crippen molar-refractivity contribution in [1.29, 1.82) is 0 Å². The van der Waals surface area contributed by atoms with Gasteiger partial charge >= 0.3 is 5.97 Å². The second kappa shape index (κ2) is 9.36. The summed E-state index contributed by atoms with van der Waals surface area (Å²) in [6, 6.07) is 12.0. The number of benzene rings is 2. The smallest absolute Gasteiger partial charge is 0.338 e. The fourth-order valence-corrected chi connectivity index (χ4v) is 5.24. The van der Waals surface area contributed by atoms with Crippen molar-refractivity contribution in [2.24, 2.45) is 4.99 Å². The Labute approximate surface area is 202 Å². The molecule has 1 aliphatic heterocycles. The van der Waals surface area contributed by atoms with Crippen LogP contribution >= 0.6 is 27.3 Å². The van der Waals surface area contributed by atoms with Crippen LogP contribution in [0.1, 0.15) is 31.0 Å². The number of thiazole rings is 1. The molecule has 1 aromatic heterocycles. The number of carbonyl (C=O) groups is 1. The standard InChI is InChI=1S/C24H21BrN2O5S/c1-4-32-23(30)19-13(2)26-24-27(20(19)14-8-6-5-7-9-14)22(29)18(33-24)11-15-10-16(25)12-17(31-3)21(15)28/h5-12,20,28H,4H2,1-3H3/b18-11-/t20-/m0/s1. The third kappa shape index (κ3) is 4.26. The summed E-state index contributed by atoms with van der Waals surface area (Å²) in [5.74, 6) is -0.295. The molecule has 2 aromatic carbocycles. The SMILES string of the molecule is CCOC(=O)C1=C(C)N=c2s/c(=C\c3cc(Br)cc(OC)c3O)c(=O)n2[C@H]1c1ccccc1. The average molecular weight is 529 g/mol. The number of phenols is 1. The molecule has 0 saturated carbocycles. The lowest BCUT2D eigenvalue weighted by molar-refractivity contribution is -0.139. The van der Waals surface area contributed by atoms with Crippen LogP contribution in [0.25, 0.3) is 6.08 Å². The minimum Gasteiger partial charge on any atom is -0.504 e. The molecule has 1 atom stereocenters. The molecule has 0 amide bonds. The summed E-state index contributed by atoms with van der Waals surface area (Å²) in [5, 5.41) is 10.5. The van der Waals surface area contributed by atoms with Crippen molar-refractivity contribution in [3.8, 4) is 11.5 Å². The van der Waals surface area contributed by atoms with Crippen molar-refractivity contribution in [1.82, 2.24) is 4.57 Å². The largest absolute Gasteiger partial charge is 0.504 e. The van der Waals surface area contributed by atoms with Crippen molar-refractivity contribution in [3.05, 3.63) is 89.0 Å². The van der Waals surface area contributed by atoms with E-state index >= 15 is 0 Å². The Morgan fingerprint density at radius 3 is 2.70 bits per heavy atom. The van der Waals surface area contributed by atoms with E-state index in [1.165, 1.54) is 23.0 Å². The van der Waals surface area contributed by atoms with Gasteiger partial charge in [0.15, 0.2) is 16.3 Å². The maximum Gasteiger partial charge on any atom is 0.338 e. The van der Waals surface area contributed by atoms with Gasteiger partial charge in [0.1, 0.15) is 0 Å². The highest BCUT2D eigenvalue weighted by molar-refractivity contribution is 9.10. The number of ether oxygens (including phenoxy) is 2. The summed E-state index contributed by atoms with van der Waals surface area (Å²) in [6.45, 7) is 3.69. The molecular formula is C24H21BrN2O5S. The van der Waals surface area contributed by atoms with Gasteiger partial charge in [-0.3, -0.25) is 9.36 Å². The van der Waals surface area contributed by atoms with E-state index in [9.17, 15) is 14.7 Å². The highest BCUT2D eigenvalue weighted by Crippen LogP contribution is 2.34. The number of aromatic hydroxyl groups is 1. The molecule has 7 nitrogen and oxygen atoms in total. The summed E-state index contributed by atoms with van der Waals surface area (Å²) in [7, 11) is 1.46. The van der Waals surface area contributed by atoms with E-state index in [0.29, 0.717) is 30.6 Å². The van der Waals surface area contributed by atoms with Gasteiger partial charge in [0.2, 0.25) is 0 Å². The Hall–Kier alpha value is -3.17. The van der Waals surface area contributed by atoms with Crippen LogP contribution in [0.4, 0.5) is 0 Å². The number of hydrogen-bond donors (Lipinski definition) is 1. The maximum atomic E-state index is 13.6. The number of fused-ring (bicyclic) bond motifs is 1. The molecule has 0 unspecified atom stereocenters. The molecule has 170 valence electrons. The van der Waals surface area contributed by atoms with Gasteiger partial charge in [-0.2, -0.15) is 0 Å². The Morgan fingerprint density at radius 1 is 1.30 bits per heavy atom. The van der Waals surface area contributed by atoms with Crippen LogP contribution in [0.5, 0.6) is 11.5 Å². The van der Waals surface area contributed by atoms with Gasteiger partial charge < -0.3 is 14.6 Å². The summed E-state index contributed by atoms with van der Waals surface area (Å²) in [4.78, 5) is 31.4. The Kier molecular flexibility index (Phi) is 6.53. The zero-order valence-electron chi connectivity index (χ0n) is 18.2. The zero-order chi connectivity index (χ0) is 23.7. The molecule has 0 radical (unpaired) electrons. The topological polar surface area (TPSA) is 90.1 Å². The van der Waals surface area contributed by atoms with Gasteiger partial charge in [0.25, 0.3) is 5.56 Å².